The van der Waals surface area contributed by atoms with Crippen LogP contribution in [0.25, 0.3) is 11.3 Å². The molecule has 4 N–H and O–H groups in total. The minimum atomic E-state index is -1.08. The number of hydrogen-bond acceptors (Lipinski definition) is 8. The Morgan fingerprint density at radius 1 is 0.886 bits per heavy atom. The van der Waals surface area contributed by atoms with Gasteiger partial charge in [-0.1, -0.05) is 35.5 Å². The first-order chi connectivity index (χ1) is 16.9. The van der Waals surface area contributed by atoms with Crippen LogP contribution in [0, 0.1) is 0 Å². The van der Waals surface area contributed by atoms with Crippen molar-refractivity contribution in [2.75, 3.05) is 5.73 Å². The van der Waals surface area contributed by atoms with Crippen molar-refractivity contribution >= 4 is 17.8 Å². The highest BCUT2D eigenvalue weighted by Gasteiger charge is 2.10. The Labute approximate surface area is 201 Å². The van der Waals surface area contributed by atoms with Crippen molar-refractivity contribution in [2.45, 2.75) is 25.9 Å². The number of anilines is 1. The molecule has 0 aliphatic rings. The standard InChI is InChI=1S/C21H18N4O2.C4H6O4/c22-21-18(4-3-11-24-21)19-13-17(25-27-19)12-15-6-8-16(9-7-15)14-26-20-5-1-2-10-23-20;5-3(6)1-2-4(7)8/h1-11,13H,12,14H2,(H2,22,24);1-2H2,(H,5,6)(H,7,8). The number of aliphatic carboxylic acids is 2. The van der Waals surface area contributed by atoms with Crippen molar-refractivity contribution < 1.29 is 29.1 Å². The number of carbonyl (C=O) groups is 2. The summed E-state index contributed by atoms with van der Waals surface area (Å²) in [5.41, 5.74) is 9.69. The van der Waals surface area contributed by atoms with Gasteiger partial charge in [0, 0.05) is 30.9 Å². The normalized spacial score (nSPS) is 10.2. The summed E-state index contributed by atoms with van der Waals surface area (Å²) >= 11 is 0. The van der Waals surface area contributed by atoms with E-state index in [-0.39, 0.29) is 12.8 Å². The lowest BCUT2D eigenvalue weighted by atomic mass is 10.1. The van der Waals surface area contributed by atoms with E-state index < -0.39 is 11.9 Å². The van der Waals surface area contributed by atoms with Crippen molar-refractivity contribution in [1.29, 1.82) is 0 Å². The van der Waals surface area contributed by atoms with Crippen molar-refractivity contribution in [3.63, 3.8) is 0 Å². The van der Waals surface area contributed by atoms with Gasteiger partial charge in [-0.25, -0.2) is 9.97 Å². The zero-order valence-corrected chi connectivity index (χ0v) is 18.7. The predicted octanol–water partition coefficient (Wildman–Crippen LogP) is 3.82. The molecule has 0 atom stereocenters. The van der Waals surface area contributed by atoms with Gasteiger partial charge >= 0.3 is 11.9 Å². The number of pyridine rings is 2. The maximum Gasteiger partial charge on any atom is 0.303 e. The molecule has 0 radical (unpaired) electrons. The molecule has 10 heteroatoms. The molecule has 0 unspecified atom stereocenters. The summed E-state index contributed by atoms with van der Waals surface area (Å²) in [5.74, 6) is -0.486. The van der Waals surface area contributed by atoms with Gasteiger partial charge in [-0.2, -0.15) is 0 Å². The Balaban J connectivity index is 0.000000371. The fraction of sp³-hybridized carbons (Fsp3) is 0.160. The highest BCUT2D eigenvalue weighted by molar-refractivity contribution is 5.75. The molecule has 180 valence electrons. The van der Waals surface area contributed by atoms with Crippen LogP contribution in [0.5, 0.6) is 5.88 Å². The molecule has 10 nitrogen and oxygen atoms in total. The summed E-state index contributed by atoms with van der Waals surface area (Å²) in [5, 5.41) is 19.9. The van der Waals surface area contributed by atoms with E-state index >= 15 is 0 Å². The Bertz CT molecular complexity index is 1230. The van der Waals surface area contributed by atoms with Crippen LogP contribution in [-0.2, 0) is 22.6 Å². The molecule has 0 fully saturated rings. The van der Waals surface area contributed by atoms with E-state index in [1.807, 2.05) is 48.5 Å². The summed E-state index contributed by atoms with van der Waals surface area (Å²) in [7, 11) is 0. The fourth-order valence-electron chi connectivity index (χ4n) is 2.91. The van der Waals surface area contributed by atoms with Gasteiger partial charge in [0.15, 0.2) is 5.76 Å². The molecule has 0 bridgehead atoms. The summed E-state index contributed by atoms with van der Waals surface area (Å²) in [4.78, 5) is 27.5. The van der Waals surface area contributed by atoms with Gasteiger partial charge < -0.3 is 25.2 Å². The number of ether oxygens (including phenoxy) is 1. The van der Waals surface area contributed by atoms with Gasteiger partial charge in [0.2, 0.25) is 5.88 Å². The second-order valence-corrected chi connectivity index (χ2v) is 7.36. The predicted molar refractivity (Wildman–Crippen MR) is 126 cm³/mol. The summed E-state index contributed by atoms with van der Waals surface area (Å²) in [6.45, 7) is 0.478. The quantitative estimate of drug-likeness (QED) is 0.324. The molecule has 1 aromatic carbocycles. The van der Waals surface area contributed by atoms with Crippen LogP contribution in [0.3, 0.4) is 0 Å². The molecule has 0 saturated heterocycles. The van der Waals surface area contributed by atoms with E-state index in [2.05, 4.69) is 27.3 Å². The van der Waals surface area contributed by atoms with Gasteiger partial charge in [0.25, 0.3) is 0 Å². The second kappa shape index (κ2) is 12.5. The number of carboxylic acids is 2. The Kier molecular flexibility index (Phi) is 8.89. The summed E-state index contributed by atoms with van der Waals surface area (Å²) < 4.78 is 11.1. The van der Waals surface area contributed by atoms with Gasteiger partial charge in [0.05, 0.1) is 24.1 Å². The molecule has 3 heterocycles. The van der Waals surface area contributed by atoms with E-state index in [9.17, 15) is 9.59 Å². The first-order valence-electron chi connectivity index (χ1n) is 10.6. The van der Waals surface area contributed by atoms with Crippen LogP contribution in [0.15, 0.2) is 77.6 Å². The molecule has 4 rings (SSSR count). The zero-order valence-electron chi connectivity index (χ0n) is 18.7. The molecule has 0 spiro atoms. The summed E-state index contributed by atoms with van der Waals surface area (Å²) in [6, 6.07) is 19.4. The largest absolute Gasteiger partial charge is 0.481 e. The zero-order chi connectivity index (χ0) is 25.0. The lowest BCUT2D eigenvalue weighted by Crippen LogP contribution is -2.00. The average molecular weight is 476 g/mol. The van der Waals surface area contributed by atoms with Crippen molar-refractivity contribution in [3.8, 4) is 17.2 Å². The topological polar surface area (TPSA) is 162 Å². The third-order valence-corrected chi connectivity index (χ3v) is 4.65. The highest BCUT2D eigenvalue weighted by atomic mass is 16.5. The molecule has 0 saturated carbocycles. The molecule has 0 amide bonds. The number of hydrogen-bond donors (Lipinski definition) is 3. The monoisotopic (exact) mass is 476 g/mol. The van der Waals surface area contributed by atoms with E-state index in [1.54, 1.807) is 12.4 Å². The number of rotatable bonds is 9. The third-order valence-electron chi connectivity index (χ3n) is 4.65. The first kappa shape index (κ1) is 24.9. The smallest absolute Gasteiger partial charge is 0.303 e. The van der Waals surface area contributed by atoms with Crippen LogP contribution < -0.4 is 10.5 Å². The number of nitrogens with two attached hydrogens (primary N) is 1. The summed E-state index contributed by atoms with van der Waals surface area (Å²) in [6.07, 6.45) is 3.44. The fourth-order valence-corrected chi connectivity index (χ4v) is 2.91. The molecular weight excluding hydrogens is 452 g/mol. The Hall–Kier alpha value is -4.73. The van der Waals surface area contributed by atoms with Crippen molar-refractivity contribution in [2.24, 2.45) is 0 Å². The van der Waals surface area contributed by atoms with Crippen LogP contribution in [0.2, 0.25) is 0 Å². The van der Waals surface area contributed by atoms with Crippen molar-refractivity contribution in [3.05, 3.63) is 89.9 Å². The van der Waals surface area contributed by atoms with E-state index in [4.69, 9.17) is 25.2 Å². The number of nitrogen functional groups attached to an aromatic ring is 1. The second-order valence-electron chi connectivity index (χ2n) is 7.36. The van der Waals surface area contributed by atoms with Crippen LogP contribution >= 0.6 is 0 Å². The van der Waals surface area contributed by atoms with Gasteiger partial charge in [0.1, 0.15) is 12.4 Å². The van der Waals surface area contributed by atoms with E-state index in [0.29, 0.717) is 30.5 Å². The number of aromatic nitrogens is 3. The molecule has 0 aliphatic carbocycles. The van der Waals surface area contributed by atoms with Gasteiger partial charge in [-0.15, -0.1) is 0 Å². The molecule has 0 aliphatic heterocycles. The minimum absolute atomic E-state index is 0.296. The van der Waals surface area contributed by atoms with Gasteiger partial charge in [-0.3, -0.25) is 9.59 Å². The molecule has 3 aromatic heterocycles. The van der Waals surface area contributed by atoms with Crippen LogP contribution in [0.1, 0.15) is 29.7 Å². The third kappa shape index (κ3) is 8.28. The number of nitrogens with zero attached hydrogens (tertiary/aromatic N) is 3. The van der Waals surface area contributed by atoms with E-state index in [0.717, 1.165) is 22.4 Å². The maximum absolute atomic E-state index is 9.64. The lowest BCUT2D eigenvalue weighted by molar-refractivity contribution is -0.143. The Morgan fingerprint density at radius 2 is 1.57 bits per heavy atom. The minimum Gasteiger partial charge on any atom is -0.481 e. The van der Waals surface area contributed by atoms with Gasteiger partial charge in [-0.05, 0) is 29.3 Å². The molecular formula is C25H24N4O6. The lowest BCUT2D eigenvalue weighted by Gasteiger charge is -2.05. The Morgan fingerprint density at radius 3 is 2.20 bits per heavy atom. The number of benzene rings is 1. The molecule has 35 heavy (non-hydrogen) atoms. The molecule has 4 aromatic rings. The highest BCUT2D eigenvalue weighted by Crippen LogP contribution is 2.25. The maximum atomic E-state index is 9.64. The van der Waals surface area contributed by atoms with Crippen molar-refractivity contribution in [1.82, 2.24) is 15.1 Å². The van der Waals surface area contributed by atoms with Crippen LogP contribution in [-0.4, -0.2) is 37.3 Å². The SMILES string of the molecule is Nc1ncccc1-c1cc(Cc2ccc(COc3ccccn3)cc2)no1.O=C(O)CCC(=O)O. The first-order valence-corrected chi connectivity index (χ1v) is 10.6. The van der Waals surface area contributed by atoms with E-state index in [1.165, 1.54) is 0 Å². The average Bonchev–Trinajstić information content (AvgIpc) is 3.32. The van der Waals surface area contributed by atoms with Crippen LogP contribution in [0.4, 0.5) is 5.82 Å². The number of carboxylic acid groups (broad SMARTS) is 2.